The van der Waals surface area contributed by atoms with Crippen molar-refractivity contribution >= 4 is 0 Å². The Morgan fingerprint density at radius 3 is 0.867 bits per heavy atom. The number of unbranched alkanes of at least 4 members (excludes halogenated alkanes) is 1. The molecule has 0 fully saturated rings. The molecule has 0 saturated heterocycles. The summed E-state index contributed by atoms with van der Waals surface area (Å²) in [7, 11) is 0. The minimum Gasteiger partial charge on any atom is -0.396 e. The van der Waals surface area contributed by atoms with Gasteiger partial charge in [0.1, 0.15) is 0 Å². The molecule has 0 aliphatic rings. The summed E-state index contributed by atoms with van der Waals surface area (Å²) in [5.74, 6) is 0. The summed E-state index contributed by atoms with van der Waals surface area (Å²) < 4.78 is 0. The summed E-state index contributed by atoms with van der Waals surface area (Å²) in [5.41, 5.74) is 1.48. The van der Waals surface area contributed by atoms with E-state index in [1.807, 2.05) is 20.8 Å². The van der Waals surface area contributed by atoms with Crippen molar-refractivity contribution in [1.82, 2.24) is 0 Å². The van der Waals surface area contributed by atoms with Crippen LogP contribution < -0.4 is 0 Å². The fourth-order valence-corrected chi connectivity index (χ4v) is 2.13. The standard InChI is InChI=1S/C8H18O.C7H16O.C7H16.C5H12O/c1-8(2,3)6-4-5-7-9;1-7(2,3)5-4-6-8;1-5-6-7(2,3)4;1-5(2,3)4-6/h9H,4-7H2,1-3H3;8H,4-6H2,1-3H3;5-6H2,1-4H3;6H,4H2,1-3H3. The van der Waals surface area contributed by atoms with E-state index in [-0.39, 0.29) is 12.0 Å². The predicted molar refractivity (Wildman–Crippen MR) is 137 cm³/mol. The highest BCUT2D eigenvalue weighted by Crippen LogP contribution is 2.21. The molecule has 0 rings (SSSR count). The first kappa shape index (κ1) is 37.2. The molecule has 0 atom stereocenters. The van der Waals surface area contributed by atoms with E-state index in [4.69, 9.17) is 15.3 Å². The number of aliphatic hydroxyl groups is 3. The highest BCUT2D eigenvalue weighted by Gasteiger charge is 2.08. The first-order valence-electron chi connectivity index (χ1n) is 12.1. The maximum atomic E-state index is 8.46. The van der Waals surface area contributed by atoms with Gasteiger partial charge in [0.15, 0.2) is 0 Å². The normalized spacial score (nSPS) is 12.0. The summed E-state index contributed by atoms with van der Waals surface area (Å²) >= 11 is 0. The zero-order valence-corrected chi connectivity index (χ0v) is 23.4. The lowest BCUT2D eigenvalue weighted by molar-refractivity contribution is 0.177. The molecule has 0 bridgehead atoms. The lowest BCUT2D eigenvalue weighted by Crippen LogP contribution is -2.09. The summed E-state index contributed by atoms with van der Waals surface area (Å²) in [6.07, 6.45) is 8.02. The van der Waals surface area contributed by atoms with Crippen LogP contribution in [0.1, 0.15) is 135 Å². The maximum Gasteiger partial charge on any atom is 0.0479 e. The first-order chi connectivity index (χ1) is 13.2. The molecule has 0 aliphatic carbocycles. The lowest BCUT2D eigenvalue weighted by Gasteiger charge is -2.16. The van der Waals surface area contributed by atoms with E-state index in [0.29, 0.717) is 29.5 Å². The van der Waals surface area contributed by atoms with Gasteiger partial charge in [0, 0.05) is 19.8 Å². The van der Waals surface area contributed by atoms with Crippen LogP contribution in [0.3, 0.4) is 0 Å². The van der Waals surface area contributed by atoms with Gasteiger partial charge in [-0.3, -0.25) is 0 Å². The van der Waals surface area contributed by atoms with Crippen molar-refractivity contribution < 1.29 is 15.3 Å². The molecule has 0 unspecified atom stereocenters. The molecule has 0 aliphatic heterocycles. The van der Waals surface area contributed by atoms with Gasteiger partial charge in [0.05, 0.1) is 0 Å². The smallest absolute Gasteiger partial charge is 0.0479 e. The van der Waals surface area contributed by atoms with Crippen molar-refractivity contribution in [2.75, 3.05) is 19.8 Å². The van der Waals surface area contributed by atoms with Crippen molar-refractivity contribution in [2.24, 2.45) is 21.7 Å². The number of aliphatic hydroxyl groups excluding tert-OH is 3. The van der Waals surface area contributed by atoms with Gasteiger partial charge in [-0.15, -0.1) is 0 Å². The Labute approximate surface area is 192 Å². The number of hydrogen-bond acceptors (Lipinski definition) is 3. The average Bonchev–Trinajstić information content (AvgIpc) is 2.51. The van der Waals surface area contributed by atoms with Gasteiger partial charge >= 0.3 is 0 Å². The molecule has 3 heteroatoms. The van der Waals surface area contributed by atoms with Crippen LogP contribution >= 0.6 is 0 Å². The second kappa shape index (κ2) is 19.6. The largest absolute Gasteiger partial charge is 0.396 e. The van der Waals surface area contributed by atoms with E-state index < -0.39 is 0 Å². The van der Waals surface area contributed by atoms with Crippen molar-refractivity contribution in [3.05, 3.63) is 0 Å². The summed E-state index contributed by atoms with van der Waals surface area (Å²) in [5, 5.41) is 25.3. The monoisotopic (exact) mass is 434 g/mol. The molecule has 30 heavy (non-hydrogen) atoms. The second-order valence-corrected chi connectivity index (χ2v) is 13.2. The molecule has 0 aromatic rings. The molecule has 0 heterocycles. The van der Waals surface area contributed by atoms with E-state index in [9.17, 15) is 0 Å². The zero-order chi connectivity index (χ0) is 25.1. The molecule has 0 radical (unpaired) electrons. The summed E-state index contributed by atoms with van der Waals surface area (Å²) in [6, 6.07) is 0. The molecular formula is C27H62O3. The van der Waals surface area contributed by atoms with Gasteiger partial charge in [0.25, 0.3) is 0 Å². The van der Waals surface area contributed by atoms with Gasteiger partial charge in [0.2, 0.25) is 0 Å². The average molecular weight is 435 g/mol. The van der Waals surface area contributed by atoms with E-state index in [1.54, 1.807) is 0 Å². The van der Waals surface area contributed by atoms with Crippen LogP contribution in [-0.4, -0.2) is 35.1 Å². The Morgan fingerprint density at radius 1 is 0.433 bits per heavy atom. The maximum absolute atomic E-state index is 8.46. The van der Waals surface area contributed by atoms with E-state index in [2.05, 4.69) is 69.2 Å². The molecule has 3 nitrogen and oxygen atoms in total. The van der Waals surface area contributed by atoms with Gasteiger partial charge in [-0.2, -0.15) is 0 Å². The van der Waals surface area contributed by atoms with Crippen molar-refractivity contribution in [3.8, 4) is 0 Å². The minimum absolute atomic E-state index is 0.0972. The third-order valence-electron chi connectivity index (χ3n) is 3.89. The first-order valence-corrected chi connectivity index (χ1v) is 12.1. The van der Waals surface area contributed by atoms with Crippen molar-refractivity contribution in [1.29, 1.82) is 0 Å². The van der Waals surface area contributed by atoms with Gasteiger partial charge in [-0.25, -0.2) is 0 Å². The Bertz CT molecular complexity index is 322. The van der Waals surface area contributed by atoms with Crippen LogP contribution in [-0.2, 0) is 0 Å². The molecule has 0 aromatic heterocycles. The highest BCUT2D eigenvalue weighted by molar-refractivity contribution is 4.61. The van der Waals surface area contributed by atoms with Crippen LogP contribution in [0.4, 0.5) is 0 Å². The molecule has 0 aromatic carbocycles. The third-order valence-corrected chi connectivity index (χ3v) is 3.89. The Morgan fingerprint density at radius 2 is 0.733 bits per heavy atom. The Hall–Kier alpha value is -0.120. The van der Waals surface area contributed by atoms with Gasteiger partial charge in [-0.05, 0) is 53.8 Å². The molecular weight excluding hydrogens is 372 g/mol. The molecule has 0 spiro atoms. The Kier molecular flexibility index (Phi) is 24.3. The SMILES string of the molecule is CC(C)(C)CCCCO.CC(C)(C)CCCO.CC(C)(C)CO.CCCC(C)(C)C. The minimum atomic E-state index is 0.0972. The van der Waals surface area contributed by atoms with Crippen LogP contribution in [0.2, 0.25) is 0 Å². The molecule has 0 saturated carbocycles. The van der Waals surface area contributed by atoms with E-state index in [0.717, 1.165) is 25.7 Å². The van der Waals surface area contributed by atoms with Crippen LogP contribution in [0.5, 0.6) is 0 Å². The van der Waals surface area contributed by atoms with E-state index >= 15 is 0 Å². The molecule has 188 valence electrons. The van der Waals surface area contributed by atoms with Crippen LogP contribution in [0.15, 0.2) is 0 Å². The predicted octanol–water partition coefficient (Wildman–Crippen LogP) is 7.86. The number of hydrogen-bond donors (Lipinski definition) is 3. The van der Waals surface area contributed by atoms with Gasteiger partial charge in [-0.1, -0.05) is 103 Å². The van der Waals surface area contributed by atoms with Gasteiger partial charge < -0.3 is 15.3 Å². The van der Waals surface area contributed by atoms with Crippen molar-refractivity contribution in [2.45, 2.75) is 135 Å². The highest BCUT2D eigenvalue weighted by atomic mass is 16.3. The lowest BCUT2D eigenvalue weighted by atomic mass is 9.90. The van der Waals surface area contributed by atoms with Crippen LogP contribution in [0.25, 0.3) is 0 Å². The quantitative estimate of drug-likeness (QED) is 0.373. The topological polar surface area (TPSA) is 60.7 Å². The van der Waals surface area contributed by atoms with Crippen molar-refractivity contribution in [3.63, 3.8) is 0 Å². The number of rotatable bonds is 6. The molecule has 0 amide bonds. The third kappa shape index (κ3) is 63.0. The van der Waals surface area contributed by atoms with E-state index in [1.165, 1.54) is 19.3 Å². The molecule has 3 N–H and O–H groups in total. The fraction of sp³-hybridized carbons (Fsp3) is 1.00. The summed E-state index contributed by atoms with van der Waals surface area (Å²) in [6.45, 7) is 29.2. The van der Waals surface area contributed by atoms with Crippen LogP contribution in [0, 0.1) is 21.7 Å². The Balaban J connectivity index is -0.000000152. The second-order valence-electron chi connectivity index (χ2n) is 13.2. The fourth-order valence-electron chi connectivity index (χ4n) is 2.13. The summed E-state index contributed by atoms with van der Waals surface area (Å²) in [4.78, 5) is 0. The zero-order valence-electron chi connectivity index (χ0n) is 23.4.